The highest BCUT2D eigenvalue weighted by Crippen LogP contribution is 2.30. The summed E-state index contributed by atoms with van der Waals surface area (Å²) in [7, 11) is -3.78. The Labute approximate surface area is 122 Å². The van der Waals surface area contributed by atoms with Gasteiger partial charge in [-0.1, -0.05) is 0 Å². The molecule has 0 radical (unpaired) electrons. The minimum atomic E-state index is -4.47. The van der Waals surface area contributed by atoms with Gasteiger partial charge in [-0.15, -0.1) is 0 Å². The molecule has 21 heavy (non-hydrogen) atoms. The minimum Gasteiger partial charge on any atom is -0.311 e. The first-order valence-electron chi connectivity index (χ1n) is 6.55. The lowest BCUT2D eigenvalue weighted by Crippen LogP contribution is -2.56. The summed E-state index contributed by atoms with van der Waals surface area (Å²) in [5, 5.41) is 3.16. The first-order valence-corrected chi connectivity index (χ1v) is 7.99. The Morgan fingerprint density at radius 2 is 1.76 bits per heavy atom. The van der Waals surface area contributed by atoms with Crippen LogP contribution in [0, 0.1) is 0 Å². The molecular weight excluding hydrogens is 305 g/mol. The van der Waals surface area contributed by atoms with Crippen LogP contribution in [0.3, 0.4) is 0 Å². The predicted molar refractivity (Wildman–Crippen MR) is 72.3 cm³/mol. The number of hydrogen-bond acceptors (Lipinski definition) is 3. The van der Waals surface area contributed by atoms with Crippen molar-refractivity contribution in [1.82, 2.24) is 9.62 Å². The van der Waals surface area contributed by atoms with E-state index in [1.165, 1.54) is 4.31 Å². The van der Waals surface area contributed by atoms with Gasteiger partial charge in [0.15, 0.2) is 0 Å². The molecular formula is C13H17F3N2O2S. The Bertz CT molecular complexity index is 599. The van der Waals surface area contributed by atoms with Crippen LogP contribution in [-0.4, -0.2) is 37.9 Å². The van der Waals surface area contributed by atoms with Crippen LogP contribution in [-0.2, 0) is 16.2 Å². The number of nitrogens with zero attached hydrogens (tertiary/aromatic N) is 1. The Balaban J connectivity index is 2.31. The number of nitrogens with one attached hydrogen (secondary N) is 1. The molecule has 1 aromatic carbocycles. The van der Waals surface area contributed by atoms with Gasteiger partial charge in [-0.2, -0.15) is 17.5 Å². The van der Waals surface area contributed by atoms with Crippen molar-refractivity contribution in [2.45, 2.75) is 37.0 Å². The van der Waals surface area contributed by atoms with Crippen LogP contribution in [0.4, 0.5) is 13.2 Å². The van der Waals surface area contributed by atoms with Crippen LogP contribution in [0.25, 0.3) is 0 Å². The summed E-state index contributed by atoms with van der Waals surface area (Å²) in [6.45, 7) is 4.44. The number of benzene rings is 1. The molecule has 0 saturated carbocycles. The number of piperazine rings is 1. The van der Waals surface area contributed by atoms with Crippen LogP contribution in [0.1, 0.15) is 19.4 Å². The Morgan fingerprint density at radius 3 is 2.29 bits per heavy atom. The van der Waals surface area contributed by atoms with Crippen molar-refractivity contribution in [3.63, 3.8) is 0 Å². The van der Waals surface area contributed by atoms with Crippen LogP contribution in [0.2, 0.25) is 0 Å². The molecule has 1 fully saturated rings. The van der Waals surface area contributed by atoms with Gasteiger partial charge in [0.25, 0.3) is 0 Å². The highest BCUT2D eigenvalue weighted by atomic mass is 32.2. The molecule has 1 aliphatic rings. The summed E-state index contributed by atoms with van der Waals surface area (Å²) in [6.07, 6.45) is -4.47. The molecule has 2 unspecified atom stereocenters. The van der Waals surface area contributed by atoms with E-state index in [1.54, 1.807) is 6.92 Å². The standard InChI is InChI=1S/C13H17F3N2O2S/c1-9-8-18(10(2)7-17-9)21(19,20)12-5-3-11(4-6-12)13(14,15)16/h3-6,9-10,17H,7-8H2,1-2H3. The smallest absolute Gasteiger partial charge is 0.311 e. The van der Waals surface area contributed by atoms with Crippen molar-refractivity contribution in [2.24, 2.45) is 0 Å². The Kier molecular flexibility index (Phi) is 4.32. The van der Waals surface area contributed by atoms with E-state index < -0.39 is 21.8 Å². The zero-order valence-electron chi connectivity index (χ0n) is 11.7. The van der Waals surface area contributed by atoms with E-state index in [0.717, 1.165) is 24.3 Å². The quantitative estimate of drug-likeness (QED) is 0.907. The van der Waals surface area contributed by atoms with Gasteiger partial charge < -0.3 is 5.32 Å². The summed E-state index contributed by atoms with van der Waals surface area (Å²) in [4.78, 5) is -0.114. The van der Waals surface area contributed by atoms with Crippen molar-refractivity contribution < 1.29 is 21.6 Å². The zero-order chi connectivity index (χ0) is 15.8. The third-order valence-corrected chi connectivity index (χ3v) is 5.49. The third kappa shape index (κ3) is 3.38. The van der Waals surface area contributed by atoms with Crippen molar-refractivity contribution in [3.05, 3.63) is 29.8 Å². The van der Waals surface area contributed by atoms with Gasteiger partial charge >= 0.3 is 6.18 Å². The first-order chi connectivity index (χ1) is 9.62. The highest BCUT2D eigenvalue weighted by molar-refractivity contribution is 7.89. The minimum absolute atomic E-state index is 0.00502. The molecule has 1 N–H and O–H groups in total. The lowest BCUT2D eigenvalue weighted by Gasteiger charge is -2.36. The molecule has 0 aliphatic carbocycles. The number of rotatable bonds is 2. The number of hydrogen-bond donors (Lipinski definition) is 1. The second-order valence-electron chi connectivity index (χ2n) is 5.26. The molecule has 1 aromatic rings. The molecule has 0 spiro atoms. The third-order valence-electron chi connectivity index (χ3n) is 3.50. The molecule has 2 atom stereocenters. The summed E-state index contributed by atoms with van der Waals surface area (Å²) in [6, 6.07) is 3.38. The molecule has 0 aromatic heterocycles. The van der Waals surface area contributed by atoms with E-state index >= 15 is 0 Å². The number of halogens is 3. The van der Waals surface area contributed by atoms with Gasteiger partial charge in [-0.25, -0.2) is 8.42 Å². The first kappa shape index (κ1) is 16.3. The second kappa shape index (κ2) is 5.58. The van der Waals surface area contributed by atoms with Gasteiger partial charge in [0.2, 0.25) is 10.0 Å². The largest absolute Gasteiger partial charge is 0.416 e. The monoisotopic (exact) mass is 322 g/mol. The highest BCUT2D eigenvalue weighted by Gasteiger charge is 2.35. The maximum absolute atomic E-state index is 12.5. The average Bonchev–Trinajstić information content (AvgIpc) is 2.40. The van der Waals surface area contributed by atoms with Crippen molar-refractivity contribution in [2.75, 3.05) is 13.1 Å². The van der Waals surface area contributed by atoms with Crippen molar-refractivity contribution in [3.8, 4) is 0 Å². The second-order valence-corrected chi connectivity index (χ2v) is 7.15. The SMILES string of the molecule is CC1CN(S(=O)(=O)c2ccc(C(F)(F)F)cc2)C(C)CN1. The van der Waals surface area contributed by atoms with E-state index in [-0.39, 0.29) is 17.0 Å². The lowest BCUT2D eigenvalue weighted by molar-refractivity contribution is -0.137. The fourth-order valence-corrected chi connectivity index (χ4v) is 3.99. The molecule has 1 saturated heterocycles. The lowest BCUT2D eigenvalue weighted by atomic mass is 10.2. The van der Waals surface area contributed by atoms with E-state index in [0.29, 0.717) is 13.1 Å². The van der Waals surface area contributed by atoms with E-state index in [9.17, 15) is 21.6 Å². The predicted octanol–water partition coefficient (Wildman–Crippen LogP) is 2.08. The molecule has 1 heterocycles. The molecule has 118 valence electrons. The maximum atomic E-state index is 12.5. The maximum Gasteiger partial charge on any atom is 0.416 e. The molecule has 0 amide bonds. The van der Waals surface area contributed by atoms with Crippen LogP contribution < -0.4 is 5.32 Å². The van der Waals surface area contributed by atoms with Gasteiger partial charge in [-0.3, -0.25) is 0 Å². The molecule has 8 heteroatoms. The van der Waals surface area contributed by atoms with E-state index in [4.69, 9.17) is 0 Å². The number of sulfonamides is 1. The molecule has 0 bridgehead atoms. The van der Waals surface area contributed by atoms with Crippen LogP contribution in [0.15, 0.2) is 29.2 Å². The summed E-state index contributed by atoms with van der Waals surface area (Å²) in [5.74, 6) is 0. The van der Waals surface area contributed by atoms with Gasteiger partial charge in [0.1, 0.15) is 0 Å². The van der Waals surface area contributed by atoms with Gasteiger partial charge in [0.05, 0.1) is 10.5 Å². The Hall–Kier alpha value is -1.12. The fourth-order valence-electron chi connectivity index (χ4n) is 2.27. The number of alkyl halides is 3. The molecule has 2 rings (SSSR count). The fraction of sp³-hybridized carbons (Fsp3) is 0.538. The average molecular weight is 322 g/mol. The summed E-state index contributed by atoms with van der Waals surface area (Å²) in [5.41, 5.74) is -0.858. The van der Waals surface area contributed by atoms with E-state index in [2.05, 4.69) is 5.32 Å². The molecule has 4 nitrogen and oxygen atoms in total. The van der Waals surface area contributed by atoms with Crippen LogP contribution >= 0.6 is 0 Å². The van der Waals surface area contributed by atoms with Crippen molar-refractivity contribution >= 4 is 10.0 Å². The topological polar surface area (TPSA) is 49.4 Å². The molecule has 1 aliphatic heterocycles. The zero-order valence-corrected chi connectivity index (χ0v) is 12.5. The normalized spacial score (nSPS) is 25.0. The van der Waals surface area contributed by atoms with Crippen molar-refractivity contribution in [1.29, 1.82) is 0 Å². The summed E-state index contributed by atoms with van der Waals surface area (Å²) < 4.78 is 63.9. The van der Waals surface area contributed by atoms with E-state index in [1.807, 2.05) is 6.92 Å². The van der Waals surface area contributed by atoms with Gasteiger partial charge in [-0.05, 0) is 38.1 Å². The Morgan fingerprint density at radius 1 is 1.19 bits per heavy atom. The summed E-state index contributed by atoms with van der Waals surface area (Å²) >= 11 is 0. The van der Waals surface area contributed by atoms with Crippen LogP contribution in [0.5, 0.6) is 0 Å². The van der Waals surface area contributed by atoms with Gasteiger partial charge in [0, 0.05) is 25.2 Å².